The number of carboxylic acids is 1. The van der Waals surface area contributed by atoms with Crippen LogP contribution in [0, 0.1) is 0 Å². The van der Waals surface area contributed by atoms with Gasteiger partial charge in [-0.25, -0.2) is 4.98 Å². The van der Waals surface area contributed by atoms with E-state index in [0.29, 0.717) is 5.16 Å². The highest BCUT2D eigenvalue weighted by Crippen LogP contribution is 2.30. The molecule has 0 fully saturated rings. The van der Waals surface area contributed by atoms with Gasteiger partial charge >= 0.3 is 5.97 Å². The van der Waals surface area contributed by atoms with Gasteiger partial charge in [0.25, 0.3) is 0 Å². The molecule has 0 bridgehead atoms. The van der Waals surface area contributed by atoms with E-state index in [0.717, 1.165) is 17.6 Å². The first-order chi connectivity index (χ1) is 6.83. The van der Waals surface area contributed by atoms with Crippen molar-refractivity contribution in [3.8, 4) is 0 Å². The van der Waals surface area contributed by atoms with Crippen LogP contribution in [0.2, 0.25) is 0 Å². The van der Waals surface area contributed by atoms with Gasteiger partial charge in [-0.1, -0.05) is 25.6 Å². The molecule has 0 radical (unpaired) electrons. The number of hydrogen-bond donors (Lipinski definition) is 2. The Morgan fingerprint density at radius 3 is 2.53 bits per heavy atom. The molecule has 1 rings (SSSR count). The maximum Gasteiger partial charge on any atom is 0.319 e. The van der Waals surface area contributed by atoms with Gasteiger partial charge in [0.15, 0.2) is 0 Å². The number of aliphatic carboxylic acids is 1. The molecule has 0 amide bonds. The number of carboxylic acid groups (broad SMARTS) is 1. The number of carbonyl (C=O) groups is 1. The fraction of sp³-hybridized carbons (Fsp3) is 0.667. The number of thioether (sulfide) groups is 1. The largest absolute Gasteiger partial charge is 0.480 e. The van der Waals surface area contributed by atoms with Crippen LogP contribution >= 0.6 is 11.8 Å². The number of nitrogens with zero attached hydrogens (tertiary/aromatic N) is 2. The third-order valence-corrected chi connectivity index (χ3v) is 2.94. The highest BCUT2D eigenvalue weighted by atomic mass is 32.2. The molecule has 0 atom stereocenters. The molecule has 0 aliphatic heterocycles. The van der Waals surface area contributed by atoms with E-state index in [1.807, 2.05) is 13.8 Å². The molecule has 0 saturated heterocycles. The lowest BCUT2D eigenvalue weighted by atomic mass is 10.2. The average Bonchev–Trinajstić information content (AvgIpc) is 2.51. The predicted molar refractivity (Wildman–Crippen MR) is 58.0 cm³/mol. The summed E-state index contributed by atoms with van der Waals surface area (Å²) < 4.78 is -0.906. The highest BCUT2D eigenvalue weighted by Gasteiger charge is 2.30. The molecule has 0 aliphatic carbocycles. The maximum atomic E-state index is 10.9. The first-order valence-corrected chi connectivity index (χ1v) is 5.49. The van der Waals surface area contributed by atoms with Crippen molar-refractivity contribution in [1.29, 1.82) is 0 Å². The van der Waals surface area contributed by atoms with Crippen LogP contribution in [0.25, 0.3) is 0 Å². The zero-order chi connectivity index (χ0) is 11.6. The monoisotopic (exact) mass is 229 g/mol. The zero-order valence-corrected chi connectivity index (χ0v) is 10.1. The first-order valence-electron chi connectivity index (χ1n) is 4.67. The first kappa shape index (κ1) is 12.0. The molecular formula is C9H15N3O2S. The van der Waals surface area contributed by atoms with Gasteiger partial charge in [-0.05, 0) is 13.8 Å². The van der Waals surface area contributed by atoms with E-state index in [4.69, 9.17) is 5.11 Å². The summed E-state index contributed by atoms with van der Waals surface area (Å²) in [6.45, 7) is 7.26. The number of hydrogen-bond acceptors (Lipinski definition) is 4. The predicted octanol–water partition coefficient (Wildman–Crippen LogP) is 1.88. The fourth-order valence-electron chi connectivity index (χ4n) is 0.834. The lowest BCUT2D eigenvalue weighted by Crippen LogP contribution is -2.27. The Morgan fingerprint density at radius 2 is 2.13 bits per heavy atom. The Morgan fingerprint density at radius 1 is 1.53 bits per heavy atom. The fourth-order valence-corrected chi connectivity index (χ4v) is 1.61. The minimum Gasteiger partial charge on any atom is -0.480 e. The van der Waals surface area contributed by atoms with Crippen molar-refractivity contribution in [3.05, 3.63) is 5.82 Å². The second-order valence-electron chi connectivity index (χ2n) is 4.08. The van der Waals surface area contributed by atoms with Crippen molar-refractivity contribution < 1.29 is 9.90 Å². The third-order valence-electron chi connectivity index (χ3n) is 1.89. The molecule has 0 aliphatic rings. The molecule has 2 N–H and O–H groups in total. The van der Waals surface area contributed by atoms with E-state index in [2.05, 4.69) is 15.2 Å². The minimum absolute atomic E-state index is 0.264. The second kappa shape index (κ2) is 4.22. The summed E-state index contributed by atoms with van der Waals surface area (Å²) in [5, 5.41) is 16.2. The van der Waals surface area contributed by atoms with E-state index in [1.54, 1.807) is 13.8 Å². The topological polar surface area (TPSA) is 78.9 Å². The number of nitrogens with one attached hydrogen (secondary N) is 1. The average molecular weight is 229 g/mol. The maximum absolute atomic E-state index is 10.9. The Labute approximate surface area is 92.7 Å². The molecule has 0 unspecified atom stereocenters. The van der Waals surface area contributed by atoms with Crippen molar-refractivity contribution in [2.45, 2.75) is 43.5 Å². The van der Waals surface area contributed by atoms with Gasteiger partial charge < -0.3 is 5.11 Å². The van der Waals surface area contributed by atoms with E-state index >= 15 is 0 Å². The Kier molecular flexibility index (Phi) is 3.38. The third kappa shape index (κ3) is 2.95. The molecule has 1 heterocycles. The Hall–Kier alpha value is -1.04. The normalized spacial score (nSPS) is 12.1. The number of rotatable bonds is 4. The van der Waals surface area contributed by atoms with Gasteiger partial charge in [-0.3, -0.25) is 9.89 Å². The Bertz CT molecular complexity index is 360. The van der Waals surface area contributed by atoms with Crippen molar-refractivity contribution >= 4 is 17.7 Å². The van der Waals surface area contributed by atoms with Crippen LogP contribution in [-0.2, 0) is 4.79 Å². The molecular weight excluding hydrogens is 214 g/mol. The zero-order valence-electron chi connectivity index (χ0n) is 9.24. The molecule has 0 aromatic carbocycles. The van der Waals surface area contributed by atoms with Crippen molar-refractivity contribution in [2.75, 3.05) is 0 Å². The van der Waals surface area contributed by atoms with Crippen LogP contribution in [0.3, 0.4) is 0 Å². The van der Waals surface area contributed by atoms with Crippen LogP contribution in [0.4, 0.5) is 0 Å². The van der Waals surface area contributed by atoms with E-state index in [1.165, 1.54) is 0 Å². The molecule has 1 aromatic rings. The minimum atomic E-state index is -0.906. The molecule has 0 saturated carbocycles. The van der Waals surface area contributed by atoms with E-state index in [9.17, 15) is 4.79 Å². The van der Waals surface area contributed by atoms with Gasteiger partial charge in [-0.2, -0.15) is 0 Å². The van der Waals surface area contributed by atoms with Gasteiger partial charge in [-0.15, -0.1) is 5.10 Å². The molecule has 15 heavy (non-hydrogen) atoms. The summed E-state index contributed by atoms with van der Waals surface area (Å²) >= 11 is 1.14. The number of H-pyrrole nitrogens is 1. The summed E-state index contributed by atoms with van der Waals surface area (Å²) in [6, 6.07) is 0. The smallest absolute Gasteiger partial charge is 0.319 e. The summed E-state index contributed by atoms with van der Waals surface area (Å²) in [5.74, 6) is 0.168. The second-order valence-corrected chi connectivity index (χ2v) is 5.67. The van der Waals surface area contributed by atoms with Crippen molar-refractivity contribution in [2.24, 2.45) is 0 Å². The highest BCUT2D eigenvalue weighted by molar-refractivity contribution is 8.01. The summed E-state index contributed by atoms with van der Waals surface area (Å²) in [5.41, 5.74) is 0. The molecule has 0 spiro atoms. The lowest BCUT2D eigenvalue weighted by Gasteiger charge is -2.15. The van der Waals surface area contributed by atoms with Gasteiger partial charge in [0.05, 0.1) is 0 Å². The van der Waals surface area contributed by atoms with Gasteiger partial charge in [0, 0.05) is 5.92 Å². The summed E-state index contributed by atoms with van der Waals surface area (Å²) in [7, 11) is 0. The van der Waals surface area contributed by atoms with Crippen LogP contribution in [0.5, 0.6) is 0 Å². The summed E-state index contributed by atoms with van der Waals surface area (Å²) in [6.07, 6.45) is 0. The lowest BCUT2D eigenvalue weighted by molar-refractivity contribution is -0.138. The molecule has 84 valence electrons. The van der Waals surface area contributed by atoms with E-state index < -0.39 is 10.7 Å². The SMILES string of the molecule is CC(C)c1nc(SC(C)(C)C(=O)O)n[nH]1. The van der Waals surface area contributed by atoms with Gasteiger partial charge in [0.2, 0.25) is 5.16 Å². The molecule has 5 nitrogen and oxygen atoms in total. The molecule has 6 heteroatoms. The van der Waals surface area contributed by atoms with E-state index in [-0.39, 0.29) is 5.92 Å². The van der Waals surface area contributed by atoms with Crippen molar-refractivity contribution in [3.63, 3.8) is 0 Å². The Balaban J connectivity index is 2.77. The van der Waals surface area contributed by atoms with Crippen LogP contribution < -0.4 is 0 Å². The van der Waals surface area contributed by atoms with Crippen LogP contribution in [0.1, 0.15) is 39.4 Å². The van der Waals surface area contributed by atoms with Crippen LogP contribution in [0.15, 0.2) is 5.16 Å². The quantitative estimate of drug-likeness (QED) is 0.771. The van der Waals surface area contributed by atoms with Gasteiger partial charge in [0.1, 0.15) is 10.6 Å². The number of aromatic nitrogens is 3. The standard InChI is InChI=1S/C9H15N3O2S/c1-5(2)6-10-8(12-11-6)15-9(3,4)7(13)14/h5H,1-4H3,(H,13,14)(H,10,11,12). The number of aromatic amines is 1. The summed E-state index contributed by atoms with van der Waals surface area (Å²) in [4.78, 5) is 15.1. The van der Waals surface area contributed by atoms with Crippen LogP contribution in [-0.4, -0.2) is 31.0 Å². The molecule has 1 aromatic heterocycles. The van der Waals surface area contributed by atoms with Crippen molar-refractivity contribution in [1.82, 2.24) is 15.2 Å².